The van der Waals surface area contributed by atoms with Crippen molar-refractivity contribution in [1.29, 1.82) is 0 Å². The van der Waals surface area contributed by atoms with Gasteiger partial charge in [0.05, 0.1) is 12.9 Å². The molecule has 3 heterocycles. The van der Waals surface area contributed by atoms with Crippen molar-refractivity contribution in [2.24, 2.45) is 0 Å². The number of anilines is 1. The molecule has 17 heteroatoms. The Labute approximate surface area is 150 Å². The number of nitrogen functional groups attached to an aromatic ring is 1. The highest BCUT2D eigenvalue weighted by molar-refractivity contribution is 7.60. The maximum atomic E-state index is 11.5. The molecule has 0 amide bonds. The second-order valence-electron chi connectivity index (χ2n) is 5.47. The fraction of sp³-hybridized carbons (Fsp3) is 0.500. The van der Waals surface area contributed by atoms with Crippen molar-refractivity contribution in [3.05, 3.63) is 12.7 Å². The molecule has 0 spiro atoms. The van der Waals surface area contributed by atoms with E-state index in [4.69, 9.17) is 20.3 Å². The molecule has 1 unspecified atom stereocenters. The van der Waals surface area contributed by atoms with Gasteiger partial charge in [0.25, 0.3) is 0 Å². The van der Waals surface area contributed by atoms with Gasteiger partial charge in [-0.2, -0.15) is 4.31 Å². The summed E-state index contributed by atoms with van der Waals surface area (Å²) in [6.45, 7) is -0.813. The fourth-order valence-corrected chi connectivity index (χ4v) is 4.08. The Balaban J connectivity index is 1.75. The van der Waals surface area contributed by atoms with Crippen LogP contribution in [0.5, 0.6) is 0 Å². The molecule has 15 nitrogen and oxygen atoms in total. The number of fused-ring (bicyclic) bond motifs is 1. The number of aliphatic hydroxyl groups excluding tert-OH is 2. The van der Waals surface area contributed by atoms with Crippen LogP contribution in [-0.4, -0.2) is 69.3 Å². The largest absolute Gasteiger partial charge is 0.481 e. The van der Waals surface area contributed by atoms with Gasteiger partial charge in [-0.15, -0.1) is 0 Å². The van der Waals surface area contributed by atoms with Gasteiger partial charge in [0.15, 0.2) is 17.7 Å². The Morgan fingerprint density at radius 3 is 2.56 bits per heavy atom. The number of phosphoric acid groups is 2. The number of ether oxygens (including phenoxy) is 1. The highest BCUT2D eigenvalue weighted by Crippen LogP contribution is 2.57. The van der Waals surface area contributed by atoms with Crippen LogP contribution in [0.2, 0.25) is 0 Å². The summed E-state index contributed by atoms with van der Waals surface area (Å²) < 4.78 is 36.8. The smallest absolute Gasteiger partial charge is 0.387 e. The molecule has 1 fully saturated rings. The molecule has 27 heavy (non-hydrogen) atoms. The number of rotatable bonds is 6. The number of aliphatic hydroxyl groups is 2. The summed E-state index contributed by atoms with van der Waals surface area (Å²) in [5, 5.41) is 20.3. The van der Waals surface area contributed by atoms with E-state index in [2.05, 4.69) is 23.8 Å². The minimum absolute atomic E-state index is 0.0856. The summed E-state index contributed by atoms with van der Waals surface area (Å²) in [6.07, 6.45) is -3.20. The lowest BCUT2D eigenvalue weighted by Gasteiger charge is -2.17. The first-order chi connectivity index (χ1) is 12.5. The molecule has 7 N–H and O–H groups in total. The van der Waals surface area contributed by atoms with Crippen molar-refractivity contribution in [2.75, 3.05) is 12.3 Å². The quantitative estimate of drug-likeness (QED) is 0.281. The number of hydrogen-bond acceptors (Lipinski definition) is 11. The third-order valence-corrected chi connectivity index (χ3v) is 5.76. The molecular formula is C10H15N5O10P2. The minimum Gasteiger partial charge on any atom is -0.387 e. The van der Waals surface area contributed by atoms with Crippen LogP contribution in [0, 0.1) is 0 Å². The number of nitrogens with zero attached hydrogens (tertiary/aromatic N) is 4. The Hall–Kier alpha value is -1.51. The highest BCUT2D eigenvalue weighted by atomic mass is 31.3. The molecule has 1 saturated heterocycles. The number of hydrogen-bond donors (Lipinski definition) is 6. The van der Waals surface area contributed by atoms with Gasteiger partial charge in [-0.05, 0) is 0 Å². The van der Waals surface area contributed by atoms with Gasteiger partial charge in [0.2, 0.25) is 0 Å². The molecule has 3 rings (SSSR count). The lowest BCUT2D eigenvalue weighted by Crippen LogP contribution is -2.33. The van der Waals surface area contributed by atoms with Gasteiger partial charge in [0.1, 0.15) is 30.2 Å². The van der Waals surface area contributed by atoms with Crippen LogP contribution in [0.1, 0.15) is 6.23 Å². The summed E-state index contributed by atoms with van der Waals surface area (Å²) in [5.41, 5.74) is 6.11. The van der Waals surface area contributed by atoms with Crippen molar-refractivity contribution in [1.82, 2.24) is 19.5 Å². The van der Waals surface area contributed by atoms with E-state index in [1.54, 1.807) is 0 Å². The van der Waals surface area contributed by atoms with Crippen molar-refractivity contribution in [2.45, 2.75) is 24.5 Å². The molecule has 0 saturated carbocycles. The first kappa shape index (κ1) is 20.2. The Morgan fingerprint density at radius 1 is 1.19 bits per heavy atom. The maximum Gasteiger partial charge on any atom is 0.481 e. The molecule has 2 aromatic heterocycles. The van der Waals surface area contributed by atoms with Gasteiger partial charge < -0.3 is 35.4 Å². The van der Waals surface area contributed by atoms with E-state index in [-0.39, 0.29) is 17.0 Å². The molecule has 0 aliphatic carbocycles. The first-order valence-electron chi connectivity index (χ1n) is 7.17. The lowest BCUT2D eigenvalue weighted by atomic mass is 10.1. The van der Waals surface area contributed by atoms with Gasteiger partial charge in [-0.1, -0.05) is 0 Å². The number of nitrogens with two attached hydrogens (primary N) is 1. The van der Waals surface area contributed by atoms with Gasteiger partial charge in [0, 0.05) is 0 Å². The van der Waals surface area contributed by atoms with E-state index >= 15 is 0 Å². The lowest BCUT2D eigenvalue weighted by molar-refractivity contribution is -0.0503. The highest BCUT2D eigenvalue weighted by Gasteiger charge is 2.46. The van der Waals surface area contributed by atoms with E-state index in [1.165, 1.54) is 10.9 Å². The van der Waals surface area contributed by atoms with Crippen molar-refractivity contribution >= 4 is 32.6 Å². The molecular weight excluding hydrogens is 412 g/mol. The Morgan fingerprint density at radius 2 is 1.89 bits per heavy atom. The zero-order valence-corrected chi connectivity index (χ0v) is 15.0. The Bertz CT molecular complexity index is 932. The summed E-state index contributed by atoms with van der Waals surface area (Å²) >= 11 is 0. The fourth-order valence-electron chi connectivity index (χ4n) is 2.48. The third kappa shape index (κ3) is 4.33. The predicted molar refractivity (Wildman–Crippen MR) is 84.6 cm³/mol. The summed E-state index contributed by atoms with van der Waals surface area (Å²) in [7, 11) is -10.4. The van der Waals surface area contributed by atoms with Crippen LogP contribution >= 0.6 is 15.6 Å². The number of aromatic nitrogens is 4. The average Bonchev–Trinajstić information content (AvgIpc) is 3.07. The van der Waals surface area contributed by atoms with E-state index in [1.807, 2.05) is 0 Å². The first-order valence-corrected chi connectivity index (χ1v) is 10.2. The summed E-state index contributed by atoms with van der Waals surface area (Å²) in [4.78, 5) is 38.1. The van der Waals surface area contributed by atoms with Crippen molar-refractivity contribution in [3.8, 4) is 0 Å². The van der Waals surface area contributed by atoms with Gasteiger partial charge in [-0.25, -0.2) is 24.1 Å². The normalized spacial score (nSPS) is 28.5. The van der Waals surface area contributed by atoms with Crippen LogP contribution in [0.25, 0.3) is 11.2 Å². The molecule has 1 aliphatic heterocycles. The van der Waals surface area contributed by atoms with Crippen LogP contribution in [0.15, 0.2) is 12.7 Å². The second kappa shape index (κ2) is 7.14. The topological polar surface area (TPSA) is 233 Å². The van der Waals surface area contributed by atoms with Gasteiger partial charge >= 0.3 is 15.6 Å². The standard InChI is InChI=1S/C10H15N5O10P2/c11-8-5-9(13-2-12-8)15(3-14-5)10-7(17)6(16)4(24-10)1-23-27(21,22)25-26(18,19)20/h2-4,6-7,10,16-17H,1H2,(H,21,22)(H2,11,12,13)(H2,18,19,20)/t4-,6+,7+,10-/m1/s1. The second-order valence-corrected chi connectivity index (χ2v) is 8.30. The molecule has 2 aromatic rings. The molecule has 1 aliphatic rings. The SMILES string of the molecule is Nc1ncnc2c1ncn2[C@@H]1O[C@H](COP(=O)(O)OP(=O)(O)O)[C@H](O)[C@@H]1O. The summed E-state index contributed by atoms with van der Waals surface area (Å²) in [5.74, 6) is 0.0856. The number of phosphoric ester groups is 1. The summed E-state index contributed by atoms with van der Waals surface area (Å²) in [6, 6.07) is 0. The molecule has 5 atom stereocenters. The Kier molecular flexibility index (Phi) is 5.35. The van der Waals surface area contributed by atoms with Crippen LogP contribution in [0.3, 0.4) is 0 Å². The zero-order chi connectivity index (χ0) is 20.0. The van der Waals surface area contributed by atoms with E-state index in [9.17, 15) is 24.2 Å². The molecule has 0 radical (unpaired) electrons. The van der Waals surface area contributed by atoms with E-state index < -0.39 is 46.8 Å². The van der Waals surface area contributed by atoms with Crippen LogP contribution < -0.4 is 5.73 Å². The van der Waals surface area contributed by atoms with E-state index in [0.29, 0.717) is 0 Å². The van der Waals surface area contributed by atoms with Crippen molar-refractivity contribution < 1.29 is 47.6 Å². The van der Waals surface area contributed by atoms with Crippen molar-refractivity contribution in [3.63, 3.8) is 0 Å². The average molecular weight is 427 g/mol. The van der Waals surface area contributed by atoms with E-state index in [0.717, 1.165) is 6.33 Å². The monoisotopic (exact) mass is 427 g/mol. The number of imidazole rings is 1. The molecule has 0 aromatic carbocycles. The predicted octanol–water partition coefficient (Wildman–Crippen LogP) is -1.75. The minimum atomic E-state index is -5.29. The molecule has 150 valence electrons. The van der Waals surface area contributed by atoms with Gasteiger partial charge in [-0.3, -0.25) is 9.09 Å². The third-order valence-electron chi connectivity index (χ3n) is 3.61. The molecule has 0 bridgehead atoms. The zero-order valence-electron chi connectivity index (χ0n) is 13.2. The van der Waals surface area contributed by atoms with Crippen LogP contribution in [0.4, 0.5) is 5.82 Å². The van der Waals surface area contributed by atoms with Crippen LogP contribution in [-0.2, 0) is 22.7 Å². The maximum absolute atomic E-state index is 11.5.